The third-order valence-electron chi connectivity index (χ3n) is 3.74. The topological polar surface area (TPSA) is 49.4 Å². The molecule has 0 spiro atoms. The van der Waals surface area contributed by atoms with Gasteiger partial charge in [-0.15, -0.1) is 0 Å². The summed E-state index contributed by atoms with van der Waals surface area (Å²) in [5, 5.41) is 3.06. The lowest BCUT2D eigenvalue weighted by atomic mass is 10.1. The predicted octanol–water partition coefficient (Wildman–Crippen LogP) is 2.22. The van der Waals surface area contributed by atoms with Crippen molar-refractivity contribution in [3.05, 3.63) is 29.6 Å². The zero-order chi connectivity index (χ0) is 16.5. The molecule has 1 heterocycles. The van der Waals surface area contributed by atoms with Crippen molar-refractivity contribution in [3.63, 3.8) is 0 Å². The zero-order valence-corrected chi connectivity index (χ0v) is 12.6. The summed E-state index contributed by atoms with van der Waals surface area (Å²) in [6.45, 7) is 1.21. The Morgan fingerprint density at radius 1 is 1.23 bits per heavy atom. The molecule has 0 radical (unpaired) electrons. The van der Waals surface area contributed by atoms with Gasteiger partial charge in [0, 0.05) is 13.1 Å². The summed E-state index contributed by atoms with van der Waals surface area (Å²) in [7, 11) is -3.05. The Hall–Kier alpha value is -1.19. The van der Waals surface area contributed by atoms with E-state index in [4.69, 9.17) is 0 Å². The van der Waals surface area contributed by atoms with Crippen LogP contribution in [0.25, 0.3) is 0 Å². The summed E-state index contributed by atoms with van der Waals surface area (Å²) in [4.78, 5) is -0.941. The van der Waals surface area contributed by atoms with Crippen LogP contribution in [0.15, 0.2) is 23.1 Å². The highest BCUT2D eigenvalue weighted by Gasteiger charge is 2.35. The van der Waals surface area contributed by atoms with Gasteiger partial charge in [-0.2, -0.15) is 17.5 Å². The maximum absolute atomic E-state index is 13.8. The van der Waals surface area contributed by atoms with E-state index in [2.05, 4.69) is 5.32 Å². The molecule has 0 saturated carbocycles. The normalized spacial score (nSPS) is 17.9. The van der Waals surface area contributed by atoms with Gasteiger partial charge in [0.15, 0.2) is 0 Å². The molecule has 1 fully saturated rings. The molecule has 1 saturated heterocycles. The molecule has 22 heavy (non-hydrogen) atoms. The molecule has 1 aliphatic heterocycles. The number of nitrogens with one attached hydrogen (secondary N) is 1. The number of piperidine rings is 1. The Bertz CT molecular complexity index is 640. The molecule has 0 unspecified atom stereocenters. The van der Waals surface area contributed by atoms with Gasteiger partial charge >= 0.3 is 6.18 Å². The minimum absolute atomic E-state index is 0.349. The van der Waals surface area contributed by atoms with Crippen LogP contribution in [0, 0.1) is 5.82 Å². The number of sulfonamides is 1. The number of hydrogen-bond donors (Lipinski definition) is 1. The molecule has 1 N–H and O–H groups in total. The van der Waals surface area contributed by atoms with E-state index >= 15 is 0 Å². The van der Waals surface area contributed by atoms with Crippen molar-refractivity contribution >= 4 is 10.0 Å². The van der Waals surface area contributed by atoms with Crippen LogP contribution in [0.2, 0.25) is 0 Å². The fourth-order valence-electron chi connectivity index (χ4n) is 2.40. The molecule has 2 rings (SSSR count). The molecule has 0 atom stereocenters. The molecule has 0 aliphatic carbocycles. The molecule has 0 aromatic heterocycles. The van der Waals surface area contributed by atoms with Gasteiger partial charge in [0.1, 0.15) is 10.7 Å². The van der Waals surface area contributed by atoms with E-state index in [-0.39, 0.29) is 6.04 Å². The first-order valence-electron chi connectivity index (χ1n) is 6.69. The molecule has 4 nitrogen and oxygen atoms in total. The van der Waals surface area contributed by atoms with E-state index in [0.717, 1.165) is 4.31 Å². The highest BCUT2D eigenvalue weighted by Crippen LogP contribution is 2.32. The van der Waals surface area contributed by atoms with Crippen LogP contribution in [0.5, 0.6) is 0 Å². The maximum Gasteiger partial charge on any atom is 0.416 e. The monoisotopic (exact) mass is 340 g/mol. The van der Waals surface area contributed by atoms with Gasteiger partial charge in [0.2, 0.25) is 10.0 Å². The number of nitrogens with zero attached hydrogens (tertiary/aromatic N) is 1. The second-order valence-electron chi connectivity index (χ2n) is 5.15. The molecule has 0 amide bonds. The fourth-order valence-corrected chi connectivity index (χ4v) is 3.90. The Morgan fingerprint density at radius 2 is 1.82 bits per heavy atom. The van der Waals surface area contributed by atoms with E-state index in [0.29, 0.717) is 44.1 Å². The SMILES string of the molecule is CN(C1CCNCC1)S(=O)(=O)c1cc(C(F)(F)F)ccc1F. The van der Waals surface area contributed by atoms with Crippen molar-refractivity contribution in [3.8, 4) is 0 Å². The van der Waals surface area contributed by atoms with E-state index < -0.39 is 32.5 Å². The van der Waals surface area contributed by atoms with Crippen molar-refractivity contribution in [1.82, 2.24) is 9.62 Å². The van der Waals surface area contributed by atoms with Gasteiger partial charge in [0.05, 0.1) is 5.56 Å². The largest absolute Gasteiger partial charge is 0.416 e. The van der Waals surface area contributed by atoms with E-state index in [9.17, 15) is 26.0 Å². The third kappa shape index (κ3) is 3.41. The first kappa shape index (κ1) is 17.2. The summed E-state index contributed by atoms with van der Waals surface area (Å²) >= 11 is 0. The summed E-state index contributed by atoms with van der Waals surface area (Å²) in [5.74, 6) is -1.19. The number of benzene rings is 1. The predicted molar refractivity (Wildman–Crippen MR) is 72.2 cm³/mol. The summed E-state index contributed by atoms with van der Waals surface area (Å²) < 4.78 is 77.7. The van der Waals surface area contributed by atoms with Crippen LogP contribution in [-0.2, 0) is 16.2 Å². The van der Waals surface area contributed by atoms with E-state index in [1.54, 1.807) is 0 Å². The van der Waals surface area contributed by atoms with Crippen molar-refractivity contribution in [2.24, 2.45) is 0 Å². The van der Waals surface area contributed by atoms with Gasteiger partial charge in [0.25, 0.3) is 0 Å². The van der Waals surface area contributed by atoms with Crippen molar-refractivity contribution in [1.29, 1.82) is 0 Å². The van der Waals surface area contributed by atoms with Gasteiger partial charge in [-0.3, -0.25) is 0 Å². The van der Waals surface area contributed by atoms with Gasteiger partial charge in [-0.1, -0.05) is 0 Å². The molecule has 124 valence electrons. The molecular weight excluding hydrogens is 324 g/mol. The minimum atomic E-state index is -4.73. The number of halogens is 4. The Morgan fingerprint density at radius 3 is 2.36 bits per heavy atom. The average Bonchev–Trinajstić information content (AvgIpc) is 2.46. The highest BCUT2D eigenvalue weighted by molar-refractivity contribution is 7.89. The lowest BCUT2D eigenvalue weighted by Gasteiger charge is -2.31. The van der Waals surface area contributed by atoms with Gasteiger partial charge < -0.3 is 5.32 Å². The molecule has 0 bridgehead atoms. The van der Waals surface area contributed by atoms with Gasteiger partial charge in [-0.05, 0) is 44.1 Å². The lowest BCUT2D eigenvalue weighted by molar-refractivity contribution is -0.137. The molecule has 1 aromatic carbocycles. The minimum Gasteiger partial charge on any atom is -0.317 e. The maximum atomic E-state index is 13.8. The van der Waals surface area contributed by atoms with Crippen LogP contribution < -0.4 is 5.32 Å². The second-order valence-corrected chi connectivity index (χ2v) is 7.11. The van der Waals surface area contributed by atoms with E-state index in [1.165, 1.54) is 7.05 Å². The van der Waals surface area contributed by atoms with Crippen LogP contribution in [0.3, 0.4) is 0 Å². The summed E-state index contributed by atoms with van der Waals surface area (Å²) in [6, 6.07) is 1.05. The van der Waals surface area contributed by atoms with E-state index in [1.807, 2.05) is 0 Å². The van der Waals surface area contributed by atoms with Crippen molar-refractivity contribution < 1.29 is 26.0 Å². The first-order valence-corrected chi connectivity index (χ1v) is 8.13. The standard InChI is InChI=1S/C13H16F4N2O2S/c1-19(10-4-6-18-7-5-10)22(20,21)12-8-9(13(15,16)17)2-3-11(12)14/h2-3,8,10,18H,4-7H2,1H3. The highest BCUT2D eigenvalue weighted by atomic mass is 32.2. The quantitative estimate of drug-likeness (QED) is 0.859. The Labute approximate surface area is 126 Å². The smallest absolute Gasteiger partial charge is 0.317 e. The molecule has 1 aromatic rings. The third-order valence-corrected chi connectivity index (χ3v) is 5.66. The number of hydrogen-bond acceptors (Lipinski definition) is 3. The summed E-state index contributed by atoms with van der Waals surface area (Å²) in [6.07, 6.45) is -3.68. The molecule has 1 aliphatic rings. The van der Waals surface area contributed by atoms with Crippen LogP contribution in [0.1, 0.15) is 18.4 Å². The van der Waals surface area contributed by atoms with Crippen molar-refractivity contribution in [2.45, 2.75) is 30.0 Å². The molecular formula is C13H16F4N2O2S. The van der Waals surface area contributed by atoms with Crippen LogP contribution in [-0.4, -0.2) is 38.9 Å². The summed E-state index contributed by atoms with van der Waals surface area (Å²) in [5.41, 5.74) is -1.19. The molecule has 9 heteroatoms. The number of alkyl halides is 3. The van der Waals surface area contributed by atoms with Gasteiger partial charge in [-0.25, -0.2) is 12.8 Å². The van der Waals surface area contributed by atoms with Crippen LogP contribution in [0.4, 0.5) is 17.6 Å². The Balaban J connectivity index is 2.40. The average molecular weight is 340 g/mol. The number of rotatable bonds is 3. The zero-order valence-electron chi connectivity index (χ0n) is 11.8. The van der Waals surface area contributed by atoms with Crippen molar-refractivity contribution in [2.75, 3.05) is 20.1 Å². The lowest BCUT2D eigenvalue weighted by Crippen LogP contribution is -2.44. The fraction of sp³-hybridized carbons (Fsp3) is 0.538. The second kappa shape index (κ2) is 6.13. The van der Waals surface area contributed by atoms with Crippen LogP contribution >= 0.6 is 0 Å². The Kier molecular flexibility index (Phi) is 4.78. The first-order chi connectivity index (χ1) is 10.1.